The zero-order valence-corrected chi connectivity index (χ0v) is 18.1. The van der Waals surface area contributed by atoms with E-state index in [-0.39, 0.29) is 6.61 Å². The Morgan fingerprint density at radius 2 is 2.07 bits per heavy atom. The minimum atomic E-state index is 0.115. The summed E-state index contributed by atoms with van der Waals surface area (Å²) in [5.74, 6) is 0.957. The van der Waals surface area contributed by atoms with Crippen molar-refractivity contribution >= 4 is 27.2 Å². The van der Waals surface area contributed by atoms with Crippen molar-refractivity contribution < 1.29 is 5.11 Å². The summed E-state index contributed by atoms with van der Waals surface area (Å²) in [6, 6.07) is 2.19. The smallest absolute Gasteiger partial charge is 0.158 e. The number of pyridine rings is 1. The minimum absolute atomic E-state index is 0.115. The summed E-state index contributed by atoms with van der Waals surface area (Å²) in [6.45, 7) is 6.68. The van der Waals surface area contributed by atoms with Gasteiger partial charge in [-0.25, -0.2) is 9.50 Å². The number of rotatable bonds is 4. The first kappa shape index (κ1) is 18.8. The van der Waals surface area contributed by atoms with Gasteiger partial charge in [0.15, 0.2) is 5.65 Å². The number of aliphatic hydroxyl groups excluding tert-OH is 1. The van der Waals surface area contributed by atoms with Crippen LogP contribution in [0.3, 0.4) is 0 Å². The molecule has 152 valence electrons. The van der Waals surface area contributed by atoms with E-state index in [9.17, 15) is 5.11 Å². The predicted octanol–water partition coefficient (Wildman–Crippen LogP) is 5.91. The maximum Gasteiger partial charge on any atom is 0.158 e. The summed E-state index contributed by atoms with van der Waals surface area (Å²) < 4.78 is 1.85. The molecule has 0 unspecified atom stereocenters. The Kier molecular flexibility index (Phi) is 4.71. The molecular formula is C23H28N4OS. The molecule has 0 radical (unpaired) electrons. The van der Waals surface area contributed by atoms with Crippen molar-refractivity contribution in [3.05, 3.63) is 40.2 Å². The number of thiophene rings is 1. The van der Waals surface area contributed by atoms with Gasteiger partial charge in [-0.2, -0.15) is 5.10 Å². The Labute approximate surface area is 174 Å². The summed E-state index contributed by atoms with van der Waals surface area (Å²) >= 11 is 1.86. The zero-order chi connectivity index (χ0) is 20.1. The largest absolute Gasteiger partial charge is 0.392 e. The number of H-pyrrole nitrogens is 1. The number of aromatic nitrogens is 4. The lowest BCUT2D eigenvalue weighted by Gasteiger charge is -2.22. The first-order chi connectivity index (χ1) is 14.1. The molecule has 5 nitrogen and oxygen atoms in total. The van der Waals surface area contributed by atoms with Crippen molar-refractivity contribution in [2.24, 2.45) is 0 Å². The van der Waals surface area contributed by atoms with Crippen LogP contribution in [0.5, 0.6) is 0 Å². The Morgan fingerprint density at radius 3 is 2.79 bits per heavy atom. The molecule has 1 aliphatic rings. The Hall–Kier alpha value is -2.18. The Bertz CT molecular complexity index is 1180. The molecule has 4 aromatic rings. The van der Waals surface area contributed by atoms with Gasteiger partial charge >= 0.3 is 0 Å². The average molecular weight is 409 g/mol. The lowest BCUT2D eigenvalue weighted by Crippen LogP contribution is -2.05. The number of hydrogen-bond donors (Lipinski definition) is 2. The molecule has 0 spiro atoms. The van der Waals surface area contributed by atoms with E-state index in [1.165, 1.54) is 52.8 Å². The number of hydrogen-bond acceptors (Lipinski definition) is 4. The number of aromatic amines is 1. The molecule has 0 atom stereocenters. The fourth-order valence-corrected chi connectivity index (χ4v) is 6.45. The van der Waals surface area contributed by atoms with Gasteiger partial charge < -0.3 is 10.1 Å². The van der Waals surface area contributed by atoms with Crippen LogP contribution in [-0.2, 0) is 6.61 Å². The van der Waals surface area contributed by atoms with Gasteiger partial charge in [0.2, 0.25) is 0 Å². The molecule has 6 heteroatoms. The van der Waals surface area contributed by atoms with E-state index in [1.807, 2.05) is 15.9 Å². The quantitative estimate of drug-likeness (QED) is 0.441. The molecule has 0 aliphatic heterocycles. The van der Waals surface area contributed by atoms with Crippen LogP contribution in [0.1, 0.15) is 79.4 Å². The van der Waals surface area contributed by atoms with E-state index in [0.29, 0.717) is 11.8 Å². The molecule has 1 saturated carbocycles. The van der Waals surface area contributed by atoms with Gasteiger partial charge in [0, 0.05) is 27.6 Å². The third-order valence-corrected chi connectivity index (χ3v) is 7.68. The number of aryl methyl sites for hydroxylation is 1. The fraction of sp³-hybridized carbons (Fsp3) is 0.478. The molecule has 1 fully saturated rings. The van der Waals surface area contributed by atoms with Crippen LogP contribution in [-0.4, -0.2) is 24.7 Å². The van der Waals surface area contributed by atoms with Gasteiger partial charge in [0.25, 0.3) is 0 Å². The molecule has 0 aromatic carbocycles. The summed E-state index contributed by atoms with van der Waals surface area (Å²) in [7, 11) is 0. The van der Waals surface area contributed by atoms with E-state index in [0.717, 1.165) is 28.0 Å². The second kappa shape index (κ2) is 7.26. The van der Waals surface area contributed by atoms with Crippen LogP contribution in [0.25, 0.3) is 27.1 Å². The highest BCUT2D eigenvalue weighted by Crippen LogP contribution is 2.47. The van der Waals surface area contributed by atoms with Crippen molar-refractivity contribution in [2.75, 3.05) is 0 Å². The average Bonchev–Trinajstić information content (AvgIpc) is 3.41. The van der Waals surface area contributed by atoms with Gasteiger partial charge in [-0.15, -0.1) is 11.3 Å². The van der Waals surface area contributed by atoms with Crippen molar-refractivity contribution in [3.63, 3.8) is 0 Å². The SMILES string of the molecule is Cc1cc(-c2[nH]c3sc(C4CCCCC4)c(CO)c3c2C(C)C)cn2ncnc12. The van der Waals surface area contributed by atoms with E-state index >= 15 is 0 Å². The zero-order valence-electron chi connectivity index (χ0n) is 17.3. The van der Waals surface area contributed by atoms with Gasteiger partial charge in [-0.3, -0.25) is 0 Å². The van der Waals surface area contributed by atoms with Crippen LogP contribution >= 0.6 is 11.3 Å². The van der Waals surface area contributed by atoms with Crippen LogP contribution in [0.15, 0.2) is 18.6 Å². The van der Waals surface area contributed by atoms with E-state index in [4.69, 9.17) is 0 Å². The second-order valence-corrected chi connectivity index (χ2v) is 9.70. The monoisotopic (exact) mass is 408 g/mol. The lowest BCUT2D eigenvalue weighted by atomic mass is 9.86. The Morgan fingerprint density at radius 1 is 1.28 bits per heavy atom. The summed E-state index contributed by atoms with van der Waals surface area (Å²) in [5.41, 5.74) is 6.73. The number of fused-ring (bicyclic) bond motifs is 2. The maximum absolute atomic E-state index is 10.4. The van der Waals surface area contributed by atoms with Gasteiger partial charge in [-0.1, -0.05) is 33.1 Å². The fourth-order valence-electron chi connectivity index (χ4n) is 5.05. The van der Waals surface area contributed by atoms with Crippen molar-refractivity contribution in [3.8, 4) is 11.3 Å². The Balaban J connectivity index is 1.72. The lowest BCUT2D eigenvalue weighted by molar-refractivity contribution is 0.281. The molecule has 4 aromatic heterocycles. The molecule has 2 N–H and O–H groups in total. The molecule has 5 rings (SSSR count). The van der Waals surface area contributed by atoms with Gasteiger partial charge in [0.05, 0.1) is 12.3 Å². The van der Waals surface area contributed by atoms with Crippen molar-refractivity contribution in [2.45, 2.75) is 71.3 Å². The maximum atomic E-state index is 10.4. The van der Waals surface area contributed by atoms with Crippen LogP contribution in [0.2, 0.25) is 0 Å². The highest BCUT2D eigenvalue weighted by molar-refractivity contribution is 7.19. The van der Waals surface area contributed by atoms with Gasteiger partial charge in [-0.05, 0) is 48.8 Å². The van der Waals surface area contributed by atoms with Crippen LogP contribution < -0.4 is 0 Å². The molecule has 0 saturated heterocycles. The predicted molar refractivity (Wildman–Crippen MR) is 119 cm³/mol. The summed E-state index contributed by atoms with van der Waals surface area (Å²) in [6.07, 6.45) is 10.1. The topological polar surface area (TPSA) is 66.2 Å². The van der Waals surface area contributed by atoms with Crippen LogP contribution in [0, 0.1) is 6.92 Å². The molecular weight excluding hydrogens is 380 g/mol. The van der Waals surface area contributed by atoms with E-state index < -0.39 is 0 Å². The summed E-state index contributed by atoms with van der Waals surface area (Å²) in [4.78, 5) is 10.7. The third-order valence-electron chi connectivity index (χ3n) is 6.37. The molecule has 1 aliphatic carbocycles. The number of nitrogens with one attached hydrogen (secondary N) is 1. The highest BCUT2D eigenvalue weighted by Gasteiger charge is 2.27. The van der Waals surface area contributed by atoms with Gasteiger partial charge in [0.1, 0.15) is 11.2 Å². The van der Waals surface area contributed by atoms with Crippen molar-refractivity contribution in [1.82, 2.24) is 19.6 Å². The normalized spacial score (nSPS) is 15.9. The molecule has 4 heterocycles. The molecule has 0 bridgehead atoms. The highest BCUT2D eigenvalue weighted by atomic mass is 32.1. The molecule has 0 amide bonds. The number of aliphatic hydroxyl groups is 1. The third kappa shape index (κ3) is 3.01. The first-order valence-corrected chi connectivity index (χ1v) is 11.5. The summed E-state index contributed by atoms with van der Waals surface area (Å²) in [5, 5.41) is 15.9. The molecule has 29 heavy (non-hydrogen) atoms. The van der Waals surface area contributed by atoms with E-state index in [1.54, 1.807) is 6.33 Å². The van der Waals surface area contributed by atoms with Crippen LogP contribution in [0.4, 0.5) is 0 Å². The second-order valence-electron chi connectivity index (χ2n) is 8.65. The number of nitrogens with zero attached hydrogens (tertiary/aromatic N) is 3. The van der Waals surface area contributed by atoms with Crippen molar-refractivity contribution in [1.29, 1.82) is 0 Å². The minimum Gasteiger partial charge on any atom is -0.392 e. The standard InChI is InChI=1S/C23H28N4OS/c1-13(2)18-19-17(11-28)21(15-7-5-4-6-8-15)29-23(19)26-20(18)16-9-14(3)22-24-12-25-27(22)10-16/h9-10,12-13,15,26,28H,4-8,11H2,1-3H3. The first-order valence-electron chi connectivity index (χ1n) is 10.7. The van der Waals surface area contributed by atoms with E-state index in [2.05, 4.69) is 48.1 Å².